The number of esters is 1. The summed E-state index contributed by atoms with van der Waals surface area (Å²) in [6, 6.07) is 10.1. The van der Waals surface area contributed by atoms with Crippen LogP contribution in [-0.2, 0) is 25.3 Å². The van der Waals surface area contributed by atoms with Crippen molar-refractivity contribution in [2.75, 3.05) is 34.4 Å². The fraction of sp³-hybridized carbons (Fsp3) is 0.364. The van der Waals surface area contributed by atoms with Crippen molar-refractivity contribution in [3.63, 3.8) is 0 Å². The van der Waals surface area contributed by atoms with E-state index < -0.39 is 28.2 Å². The van der Waals surface area contributed by atoms with E-state index in [1.165, 1.54) is 20.3 Å². The summed E-state index contributed by atoms with van der Waals surface area (Å²) in [4.78, 5) is 24.4. The molecule has 33 heavy (non-hydrogen) atoms. The molecule has 0 fully saturated rings. The molecular formula is C22H28N4O6S. The first-order chi connectivity index (χ1) is 15.5. The van der Waals surface area contributed by atoms with Gasteiger partial charge >= 0.3 is 16.2 Å². The van der Waals surface area contributed by atoms with Gasteiger partial charge in [-0.15, -0.1) is 0 Å². The number of aliphatic hydroxyl groups is 1. The Morgan fingerprint density at radius 1 is 1.21 bits per heavy atom. The Morgan fingerprint density at radius 3 is 2.52 bits per heavy atom. The molecule has 0 bridgehead atoms. The molecule has 178 valence electrons. The highest BCUT2D eigenvalue weighted by Crippen LogP contribution is 2.39. The lowest BCUT2D eigenvalue weighted by Crippen LogP contribution is -2.45. The Labute approximate surface area is 193 Å². The highest BCUT2D eigenvalue weighted by atomic mass is 32.2. The molecule has 11 heteroatoms. The number of ether oxygens (including phenoxy) is 1. The van der Waals surface area contributed by atoms with Crippen LogP contribution in [0.4, 0.5) is 0 Å². The number of hydrogen-bond acceptors (Lipinski definition) is 7. The molecule has 0 saturated heterocycles. The number of nitrogens with one attached hydrogen (secondary N) is 2. The predicted molar refractivity (Wildman–Crippen MR) is 123 cm³/mol. The van der Waals surface area contributed by atoms with Crippen LogP contribution in [0.5, 0.6) is 0 Å². The molecule has 0 spiro atoms. The van der Waals surface area contributed by atoms with Crippen LogP contribution in [-0.4, -0.2) is 68.4 Å². The number of hydrogen-bond donors (Lipinski definition) is 3. The summed E-state index contributed by atoms with van der Waals surface area (Å²) < 4.78 is 32.9. The van der Waals surface area contributed by atoms with E-state index >= 15 is 0 Å². The van der Waals surface area contributed by atoms with Gasteiger partial charge in [0, 0.05) is 32.9 Å². The van der Waals surface area contributed by atoms with Gasteiger partial charge in [0.1, 0.15) is 12.3 Å². The molecular weight excluding hydrogens is 448 g/mol. The summed E-state index contributed by atoms with van der Waals surface area (Å²) in [6.07, 6.45) is 0.898. The summed E-state index contributed by atoms with van der Waals surface area (Å²) in [5, 5.41) is 18.7. The summed E-state index contributed by atoms with van der Waals surface area (Å²) >= 11 is 0. The Kier molecular flexibility index (Phi) is 6.96. The number of amides is 1. The van der Waals surface area contributed by atoms with E-state index in [2.05, 4.69) is 10.6 Å². The number of benzene rings is 2. The zero-order chi connectivity index (χ0) is 24.4. The summed E-state index contributed by atoms with van der Waals surface area (Å²) in [6.45, 7) is 1.67. The van der Waals surface area contributed by atoms with E-state index in [1.807, 2.05) is 0 Å². The molecule has 0 aromatic heterocycles. The lowest BCUT2D eigenvalue weighted by Gasteiger charge is -2.35. The molecule has 1 aliphatic rings. The fourth-order valence-electron chi connectivity index (χ4n) is 3.66. The topological polar surface area (TPSA) is 128 Å². The largest absolute Gasteiger partial charge is 0.466 e. The van der Waals surface area contributed by atoms with Gasteiger partial charge in [-0.05, 0) is 41.5 Å². The molecule has 2 aromatic carbocycles. The minimum absolute atomic E-state index is 0.00517. The maximum Gasteiger partial charge on any atom is 0.309 e. The third-order valence-corrected chi connectivity index (χ3v) is 7.22. The maximum absolute atomic E-state index is 12.9. The highest BCUT2D eigenvalue weighted by Gasteiger charge is 2.45. The Morgan fingerprint density at radius 2 is 1.88 bits per heavy atom. The minimum atomic E-state index is -3.95. The van der Waals surface area contributed by atoms with Gasteiger partial charge in [0.2, 0.25) is 0 Å². The molecule has 0 saturated carbocycles. The normalized spacial score (nSPS) is 15.7. The molecule has 3 N–H and O–H groups in total. The third-order valence-electron chi connectivity index (χ3n) is 5.42. The molecule has 0 radical (unpaired) electrons. The standard InChI is InChI=1S/C22H28N4O6S/c1-5-32-20(27)12-22(29,19-13-24-14-26(19)33(30,31)25(3)4)18-9-8-15-10-17(21(28)23-2)7-6-16(15)11-18/h6-11,13,24,29H,5,12,14H2,1-4H3,(H,23,28)/t22-/m0/s1. The van der Waals surface area contributed by atoms with Crippen LogP contribution in [0.3, 0.4) is 0 Å². The van der Waals surface area contributed by atoms with Crippen molar-refractivity contribution in [2.24, 2.45) is 0 Å². The fourth-order valence-corrected chi connectivity index (χ4v) is 4.75. The summed E-state index contributed by atoms with van der Waals surface area (Å²) in [5.41, 5.74) is -1.20. The molecule has 1 amide bonds. The van der Waals surface area contributed by atoms with E-state index in [1.54, 1.807) is 50.4 Å². The molecule has 1 heterocycles. The van der Waals surface area contributed by atoms with Gasteiger partial charge in [-0.25, -0.2) is 4.31 Å². The maximum atomic E-state index is 12.9. The van der Waals surface area contributed by atoms with E-state index in [0.717, 1.165) is 14.0 Å². The van der Waals surface area contributed by atoms with Gasteiger partial charge in [0.25, 0.3) is 5.91 Å². The van der Waals surface area contributed by atoms with Gasteiger partial charge in [-0.1, -0.05) is 18.2 Å². The lowest BCUT2D eigenvalue weighted by molar-refractivity contribution is -0.148. The van der Waals surface area contributed by atoms with Crippen LogP contribution in [0.2, 0.25) is 0 Å². The van der Waals surface area contributed by atoms with Gasteiger partial charge < -0.3 is 20.5 Å². The van der Waals surface area contributed by atoms with Crippen LogP contribution in [0.15, 0.2) is 48.3 Å². The van der Waals surface area contributed by atoms with Crippen molar-refractivity contribution >= 4 is 32.9 Å². The monoisotopic (exact) mass is 476 g/mol. The van der Waals surface area contributed by atoms with Crippen molar-refractivity contribution in [3.8, 4) is 0 Å². The minimum Gasteiger partial charge on any atom is -0.466 e. The number of rotatable bonds is 8. The van der Waals surface area contributed by atoms with Gasteiger partial charge in [-0.3, -0.25) is 9.59 Å². The Balaban J connectivity index is 2.13. The second-order valence-corrected chi connectivity index (χ2v) is 9.80. The van der Waals surface area contributed by atoms with E-state index in [4.69, 9.17) is 4.74 Å². The average Bonchev–Trinajstić information content (AvgIpc) is 3.29. The van der Waals surface area contributed by atoms with Crippen molar-refractivity contribution in [1.82, 2.24) is 19.2 Å². The highest BCUT2D eigenvalue weighted by molar-refractivity contribution is 7.86. The van der Waals surface area contributed by atoms with Gasteiger partial charge in [0.15, 0.2) is 0 Å². The SMILES string of the molecule is CCOC(=O)C[C@@](O)(C1=CNCN1S(=O)(=O)N(C)C)c1ccc2cc(C(=O)NC)ccc2c1. The number of carbonyl (C=O) groups is 2. The second kappa shape index (κ2) is 9.38. The van der Waals surface area contributed by atoms with Gasteiger partial charge in [0.05, 0.1) is 18.7 Å². The van der Waals surface area contributed by atoms with E-state index in [-0.39, 0.29) is 24.9 Å². The molecule has 10 nitrogen and oxygen atoms in total. The predicted octanol–water partition coefficient (Wildman–Crippen LogP) is 0.851. The Hall–Kier alpha value is -3.15. The van der Waals surface area contributed by atoms with Crippen LogP contribution >= 0.6 is 0 Å². The zero-order valence-corrected chi connectivity index (χ0v) is 19.8. The van der Waals surface area contributed by atoms with Crippen molar-refractivity contribution in [2.45, 2.75) is 18.9 Å². The number of carbonyl (C=O) groups excluding carboxylic acids is 2. The smallest absolute Gasteiger partial charge is 0.309 e. The van der Waals surface area contributed by atoms with Crippen LogP contribution in [0, 0.1) is 0 Å². The first-order valence-electron chi connectivity index (χ1n) is 10.3. The van der Waals surface area contributed by atoms with Crippen LogP contribution in [0.25, 0.3) is 10.8 Å². The molecule has 1 atom stereocenters. The first kappa shape index (κ1) is 24.5. The first-order valence-corrected chi connectivity index (χ1v) is 11.7. The van der Waals surface area contributed by atoms with Crippen LogP contribution < -0.4 is 10.6 Å². The van der Waals surface area contributed by atoms with Gasteiger partial charge in [-0.2, -0.15) is 12.7 Å². The van der Waals surface area contributed by atoms with Crippen molar-refractivity contribution < 1.29 is 27.9 Å². The van der Waals surface area contributed by atoms with E-state index in [9.17, 15) is 23.1 Å². The molecule has 0 aliphatic carbocycles. The van der Waals surface area contributed by atoms with E-state index in [0.29, 0.717) is 16.5 Å². The number of fused-ring (bicyclic) bond motifs is 1. The molecule has 0 unspecified atom stereocenters. The molecule has 1 aliphatic heterocycles. The van der Waals surface area contributed by atoms with Crippen LogP contribution in [0.1, 0.15) is 29.3 Å². The zero-order valence-electron chi connectivity index (χ0n) is 19.0. The average molecular weight is 477 g/mol. The molecule has 3 rings (SSSR count). The summed E-state index contributed by atoms with van der Waals surface area (Å²) in [5.74, 6) is -0.906. The Bertz CT molecular complexity index is 1210. The third kappa shape index (κ3) is 4.65. The lowest BCUT2D eigenvalue weighted by atomic mass is 9.86. The second-order valence-electron chi connectivity index (χ2n) is 7.73. The molecule has 2 aromatic rings. The van der Waals surface area contributed by atoms with Crippen molar-refractivity contribution in [1.29, 1.82) is 0 Å². The summed E-state index contributed by atoms with van der Waals surface area (Å²) in [7, 11) is 0.367. The number of nitrogens with zero attached hydrogens (tertiary/aromatic N) is 2. The van der Waals surface area contributed by atoms with Crippen molar-refractivity contribution in [3.05, 3.63) is 59.4 Å². The quantitative estimate of drug-likeness (QED) is 0.482.